The molecule has 3 heterocycles. The molecule has 0 unspecified atom stereocenters. The van der Waals surface area contributed by atoms with Crippen molar-refractivity contribution in [3.05, 3.63) is 108 Å². The number of carboxylic acid groups (broad SMARTS) is 1. The maximum Gasteiger partial charge on any atom is 0.335 e. The summed E-state index contributed by atoms with van der Waals surface area (Å²) in [6.45, 7) is 1.53. The SMILES string of the molecule is O=C(O)c1cccc(-c2ccc([C@@H]3[C@H](c4ccccn4)NC(=S)N3CCCNc3ccccc3)o2)c1. The van der Waals surface area contributed by atoms with Gasteiger partial charge in [0, 0.05) is 30.5 Å². The van der Waals surface area contributed by atoms with Gasteiger partial charge in [-0.3, -0.25) is 4.98 Å². The Morgan fingerprint density at radius 3 is 2.67 bits per heavy atom. The molecule has 1 fully saturated rings. The number of hydrogen-bond acceptors (Lipinski definition) is 5. The minimum Gasteiger partial charge on any atom is -0.478 e. The van der Waals surface area contributed by atoms with E-state index in [1.807, 2.05) is 66.7 Å². The Balaban J connectivity index is 1.39. The van der Waals surface area contributed by atoms with Gasteiger partial charge in [-0.1, -0.05) is 36.4 Å². The lowest BCUT2D eigenvalue weighted by Crippen LogP contribution is -2.31. The van der Waals surface area contributed by atoms with Crippen molar-refractivity contribution in [2.45, 2.75) is 18.5 Å². The molecule has 8 heteroatoms. The van der Waals surface area contributed by atoms with Crippen LogP contribution in [0, 0.1) is 0 Å². The van der Waals surface area contributed by atoms with E-state index in [-0.39, 0.29) is 17.6 Å². The fraction of sp³-hybridized carbons (Fsp3) is 0.179. The minimum absolute atomic E-state index is 0.176. The number of rotatable bonds is 9. The largest absolute Gasteiger partial charge is 0.478 e. The summed E-state index contributed by atoms with van der Waals surface area (Å²) in [6.07, 6.45) is 2.64. The second-order valence-electron chi connectivity index (χ2n) is 8.55. The van der Waals surface area contributed by atoms with E-state index in [0.29, 0.717) is 16.4 Å². The van der Waals surface area contributed by atoms with E-state index in [4.69, 9.17) is 16.6 Å². The van der Waals surface area contributed by atoms with Crippen LogP contribution in [0.15, 0.2) is 95.5 Å². The summed E-state index contributed by atoms with van der Waals surface area (Å²) in [5.74, 6) is 0.376. The number of furan rings is 1. The van der Waals surface area contributed by atoms with Crippen LogP contribution in [0.25, 0.3) is 11.3 Å². The van der Waals surface area contributed by atoms with Crippen LogP contribution >= 0.6 is 12.2 Å². The van der Waals surface area contributed by atoms with Crippen molar-refractivity contribution < 1.29 is 14.3 Å². The van der Waals surface area contributed by atoms with Gasteiger partial charge in [0.25, 0.3) is 0 Å². The average Bonchev–Trinajstić information content (AvgIpc) is 3.52. The zero-order valence-electron chi connectivity index (χ0n) is 19.5. The van der Waals surface area contributed by atoms with Gasteiger partial charge in [0.15, 0.2) is 5.11 Å². The summed E-state index contributed by atoms with van der Waals surface area (Å²) in [5, 5.41) is 16.9. The van der Waals surface area contributed by atoms with Gasteiger partial charge in [-0.2, -0.15) is 0 Å². The van der Waals surface area contributed by atoms with E-state index >= 15 is 0 Å². The van der Waals surface area contributed by atoms with Crippen molar-refractivity contribution in [1.82, 2.24) is 15.2 Å². The molecule has 1 aliphatic heterocycles. The first-order valence-corrected chi connectivity index (χ1v) is 12.2. The van der Waals surface area contributed by atoms with Crippen molar-refractivity contribution in [2.24, 2.45) is 0 Å². The summed E-state index contributed by atoms with van der Waals surface area (Å²) >= 11 is 5.74. The zero-order valence-corrected chi connectivity index (χ0v) is 20.3. The highest BCUT2D eigenvalue weighted by molar-refractivity contribution is 7.80. The number of nitrogens with zero attached hydrogens (tertiary/aromatic N) is 2. The maximum atomic E-state index is 11.4. The Bertz CT molecular complexity index is 1340. The third-order valence-electron chi connectivity index (χ3n) is 6.19. The molecule has 2 atom stereocenters. The molecule has 5 rings (SSSR count). The van der Waals surface area contributed by atoms with Crippen LogP contribution in [0.2, 0.25) is 0 Å². The lowest BCUT2D eigenvalue weighted by atomic mass is 10.0. The maximum absolute atomic E-state index is 11.4. The van der Waals surface area contributed by atoms with Crippen LogP contribution in [0.5, 0.6) is 0 Å². The molecule has 0 amide bonds. The summed E-state index contributed by atoms with van der Waals surface area (Å²) in [5.41, 5.74) is 2.89. The van der Waals surface area contributed by atoms with Crippen LogP contribution in [-0.4, -0.2) is 39.2 Å². The molecule has 0 aliphatic carbocycles. The molecule has 7 nitrogen and oxygen atoms in total. The summed E-state index contributed by atoms with van der Waals surface area (Å²) in [7, 11) is 0. The Morgan fingerprint density at radius 1 is 1.06 bits per heavy atom. The van der Waals surface area contributed by atoms with Crippen molar-refractivity contribution in [1.29, 1.82) is 0 Å². The predicted octanol–water partition coefficient (Wildman–Crippen LogP) is 5.51. The van der Waals surface area contributed by atoms with Gasteiger partial charge in [-0.15, -0.1) is 0 Å². The van der Waals surface area contributed by atoms with Gasteiger partial charge < -0.3 is 25.1 Å². The number of nitrogens with one attached hydrogen (secondary N) is 2. The summed E-state index contributed by atoms with van der Waals surface area (Å²) in [6, 6.07) is 26.1. The molecule has 2 aromatic carbocycles. The Hall–Kier alpha value is -4.17. The number of aromatic carboxylic acids is 1. The number of pyridine rings is 1. The molecule has 36 heavy (non-hydrogen) atoms. The molecule has 1 saturated heterocycles. The highest BCUT2D eigenvalue weighted by Gasteiger charge is 2.41. The van der Waals surface area contributed by atoms with Crippen LogP contribution < -0.4 is 10.6 Å². The van der Waals surface area contributed by atoms with Gasteiger partial charge in [0.05, 0.1) is 17.3 Å². The fourth-order valence-electron chi connectivity index (χ4n) is 4.47. The molecular formula is C28H26N4O3S. The highest BCUT2D eigenvalue weighted by Crippen LogP contribution is 2.40. The predicted molar refractivity (Wildman–Crippen MR) is 143 cm³/mol. The van der Waals surface area contributed by atoms with Gasteiger partial charge in [0.2, 0.25) is 0 Å². The van der Waals surface area contributed by atoms with E-state index in [1.165, 1.54) is 0 Å². The van der Waals surface area contributed by atoms with Crippen molar-refractivity contribution in [3.63, 3.8) is 0 Å². The molecule has 4 aromatic rings. The quantitative estimate of drug-likeness (QED) is 0.205. The van der Waals surface area contributed by atoms with Gasteiger partial charge in [-0.25, -0.2) is 4.79 Å². The Morgan fingerprint density at radius 2 is 1.89 bits per heavy atom. The number of para-hydroxylation sites is 1. The number of thiocarbonyl (C=S) groups is 1. The number of carbonyl (C=O) groups is 1. The van der Waals surface area contributed by atoms with Crippen LogP contribution in [0.3, 0.4) is 0 Å². The topological polar surface area (TPSA) is 90.6 Å². The van der Waals surface area contributed by atoms with Crippen LogP contribution in [0.4, 0.5) is 5.69 Å². The molecule has 2 aromatic heterocycles. The molecule has 182 valence electrons. The monoisotopic (exact) mass is 498 g/mol. The molecule has 0 saturated carbocycles. The summed E-state index contributed by atoms with van der Waals surface area (Å²) < 4.78 is 6.32. The third-order valence-corrected chi connectivity index (χ3v) is 6.54. The number of anilines is 1. The van der Waals surface area contributed by atoms with E-state index in [9.17, 15) is 9.90 Å². The first-order valence-electron chi connectivity index (χ1n) is 11.8. The molecular weight excluding hydrogens is 472 g/mol. The Labute approximate surface area is 214 Å². The molecule has 0 bridgehead atoms. The molecule has 0 radical (unpaired) electrons. The van der Waals surface area contributed by atoms with Crippen LogP contribution in [0.1, 0.15) is 40.3 Å². The first-order chi connectivity index (χ1) is 17.6. The normalized spacial score (nSPS) is 17.1. The smallest absolute Gasteiger partial charge is 0.335 e. The van der Waals surface area contributed by atoms with Crippen molar-refractivity contribution in [2.75, 3.05) is 18.4 Å². The zero-order chi connectivity index (χ0) is 24.9. The van der Waals surface area contributed by atoms with Crippen molar-refractivity contribution in [3.8, 4) is 11.3 Å². The van der Waals surface area contributed by atoms with E-state index in [0.717, 1.165) is 36.7 Å². The number of aromatic nitrogens is 1. The van der Waals surface area contributed by atoms with Gasteiger partial charge in [0.1, 0.15) is 17.6 Å². The van der Waals surface area contributed by atoms with E-state index < -0.39 is 5.97 Å². The number of carboxylic acids is 1. The lowest BCUT2D eigenvalue weighted by Gasteiger charge is -2.26. The lowest BCUT2D eigenvalue weighted by molar-refractivity contribution is 0.0697. The van der Waals surface area contributed by atoms with Crippen LogP contribution in [-0.2, 0) is 0 Å². The average molecular weight is 499 g/mol. The highest BCUT2D eigenvalue weighted by atomic mass is 32.1. The second-order valence-corrected chi connectivity index (χ2v) is 8.94. The minimum atomic E-state index is -0.973. The molecule has 0 spiro atoms. The van der Waals surface area contributed by atoms with E-state index in [2.05, 4.69) is 20.5 Å². The fourth-order valence-corrected chi connectivity index (χ4v) is 4.80. The van der Waals surface area contributed by atoms with E-state index in [1.54, 1.807) is 24.4 Å². The van der Waals surface area contributed by atoms with Gasteiger partial charge in [-0.05, 0) is 67.2 Å². The Kier molecular flexibility index (Phi) is 6.95. The second kappa shape index (κ2) is 10.6. The first kappa shape index (κ1) is 23.6. The molecule has 1 aliphatic rings. The van der Waals surface area contributed by atoms with Crippen molar-refractivity contribution >= 4 is 29.0 Å². The standard InChI is InChI=1S/C28H26N4O3S/c33-27(34)20-9-6-8-19(18-20)23-13-14-24(35-23)26-25(22-12-4-5-15-30-22)31-28(36)32(26)17-7-16-29-21-10-2-1-3-11-21/h1-6,8-15,18,25-26,29H,7,16-17H2,(H,31,36)(H,33,34)/t25-,26+/m0/s1. The molecule has 3 N–H and O–H groups in total. The van der Waals surface area contributed by atoms with Gasteiger partial charge >= 0.3 is 5.97 Å². The number of hydrogen-bond donors (Lipinski definition) is 3. The summed E-state index contributed by atoms with van der Waals surface area (Å²) in [4.78, 5) is 18.1. The number of benzene rings is 2. The third kappa shape index (κ3) is 5.08.